The molecule has 7 heteroatoms. The molecule has 0 spiro atoms. The van der Waals surface area contributed by atoms with E-state index in [0.717, 1.165) is 31.5 Å². The molecule has 4 aromatic rings. The first kappa shape index (κ1) is 22.9. The number of amides is 1. The van der Waals surface area contributed by atoms with E-state index in [1.165, 1.54) is 4.90 Å². The summed E-state index contributed by atoms with van der Waals surface area (Å²) >= 11 is 0. The predicted molar refractivity (Wildman–Crippen MR) is 131 cm³/mol. The van der Waals surface area contributed by atoms with Gasteiger partial charge in [-0.25, -0.2) is 4.79 Å². The minimum atomic E-state index is -0.709. The van der Waals surface area contributed by atoms with Crippen molar-refractivity contribution >= 4 is 5.91 Å². The van der Waals surface area contributed by atoms with Gasteiger partial charge < -0.3 is 4.90 Å². The number of nitrogens with zero attached hydrogens (tertiary/aromatic N) is 4. The van der Waals surface area contributed by atoms with Crippen LogP contribution in [0.15, 0.2) is 88.5 Å². The highest BCUT2D eigenvalue weighted by atomic mass is 16.2. The molecule has 3 aromatic carbocycles. The van der Waals surface area contributed by atoms with Gasteiger partial charge in [0.2, 0.25) is 5.69 Å². The molecule has 1 heterocycles. The lowest BCUT2D eigenvalue weighted by atomic mass is 10.1. The zero-order valence-corrected chi connectivity index (χ0v) is 19.4. The topological polar surface area (TPSA) is 77.2 Å². The smallest absolute Gasteiger partial charge is 0.336 e. The minimum Gasteiger partial charge on any atom is -0.336 e. The summed E-state index contributed by atoms with van der Waals surface area (Å²) in [6.45, 7) is 4.25. The van der Waals surface area contributed by atoms with E-state index in [0.29, 0.717) is 12.2 Å². The Morgan fingerprint density at radius 1 is 0.824 bits per heavy atom. The van der Waals surface area contributed by atoms with Crippen molar-refractivity contribution in [1.82, 2.24) is 19.2 Å². The van der Waals surface area contributed by atoms with Gasteiger partial charge in [0.1, 0.15) is 0 Å². The van der Waals surface area contributed by atoms with Gasteiger partial charge in [-0.2, -0.15) is 9.78 Å². The second-order valence-corrected chi connectivity index (χ2v) is 8.40. The molecule has 7 nitrogen and oxygen atoms in total. The molecule has 1 amide bonds. The molecule has 4 rings (SSSR count). The highest BCUT2D eigenvalue weighted by molar-refractivity contribution is 5.91. The van der Waals surface area contributed by atoms with E-state index in [9.17, 15) is 14.4 Å². The molecule has 34 heavy (non-hydrogen) atoms. The Balaban J connectivity index is 1.81. The van der Waals surface area contributed by atoms with Gasteiger partial charge in [0.25, 0.3) is 11.5 Å². The standard InChI is InChI=1S/C27H26N4O3/c1-19-9-13-22(14-10-19)18-30-26(33)24(25(32)29(3)17-21-7-5-4-6-8-21)28-31(27(30)34)23-15-11-20(2)12-16-23/h4-16H,17-18H2,1-3H3. The number of aryl methyl sites for hydroxylation is 2. The van der Waals surface area contributed by atoms with E-state index in [2.05, 4.69) is 5.10 Å². The molecule has 0 saturated heterocycles. The van der Waals surface area contributed by atoms with Crippen molar-refractivity contribution in [2.75, 3.05) is 7.05 Å². The van der Waals surface area contributed by atoms with Gasteiger partial charge in [-0.1, -0.05) is 77.9 Å². The molecule has 0 bridgehead atoms. The molecular formula is C27H26N4O3. The summed E-state index contributed by atoms with van der Waals surface area (Å²) in [6.07, 6.45) is 0. The van der Waals surface area contributed by atoms with Gasteiger partial charge in [0, 0.05) is 13.6 Å². The molecule has 0 fully saturated rings. The second-order valence-electron chi connectivity index (χ2n) is 8.40. The fraction of sp³-hybridized carbons (Fsp3) is 0.185. The fourth-order valence-electron chi connectivity index (χ4n) is 3.63. The number of carbonyl (C=O) groups excluding carboxylic acids is 1. The number of rotatable bonds is 6. The number of hydrogen-bond donors (Lipinski definition) is 0. The molecule has 0 aliphatic rings. The van der Waals surface area contributed by atoms with Crippen LogP contribution in [0.2, 0.25) is 0 Å². The molecule has 0 aliphatic carbocycles. The summed E-state index contributed by atoms with van der Waals surface area (Å²) in [4.78, 5) is 41.4. The lowest BCUT2D eigenvalue weighted by Crippen LogP contribution is -2.46. The SMILES string of the molecule is Cc1ccc(Cn2c(=O)c(C(=O)N(C)Cc3ccccc3)nn(-c3ccc(C)cc3)c2=O)cc1. The van der Waals surface area contributed by atoms with Gasteiger partial charge in [-0.15, -0.1) is 0 Å². The van der Waals surface area contributed by atoms with Gasteiger partial charge in [0.05, 0.1) is 12.2 Å². The zero-order valence-electron chi connectivity index (χ0n) is 19.4. The third kappa shape index (κ3) is 4.88. The van der Waals surface area contributed by atoms with Crippen molar-refractivity contribution in [1.29, 1.82) is 0 Å². The molecule has 0 N–H and O–H groups in total. The normalized spacial score (nSPS) is 10.8. The minimum absolute atomic E-state index is 0.0367. The number of aromatic nitrogens is 3. The van der Waals surface area contributed by atoms with Crippen molar-refractivity contribution < 1.29 is 4.79 Å². The van der Waals surface area contributed by atoms with Crippen LogP contribution < -0.4 is 11.2 Å². The van der Waals surface area contributed by atoms with Gasteiger partial charge >= 0.3 is 5.69 Å². The van der Waals surface area contributed by atoms with Crippen molar-refractivity contribution in [3.8, 4) is 5.69 Å². The van der Waals surface area contributed by atoms with Crippen LogP contribution in [0, 0.1) is 13.8 Å². The first-order chi connectivity index (χ1) is 16.3. The summed E-state index contributed by atoms with van der Waals surface area (Å²) in [5.74, 6) is -0.549. The molecule has 0 radical (unpaired) electrons. The number of hydrogen-bond acceptors (Lipinski definition) is 4. The van der Waals surface area contributed by atoms with Crippen LogP contribution in [0.1, 0.15) is 32.7 Å². The molecule has 0 atom stereocenters. The van der Waals surface area contributed by atoms with Gasteiger partial charge in [0.15, 0.2) is 0 Å². The summed E-state index contributed by atoms with van der Waals surface area (Å²) in [5.41, 5.74) is 2.66. The average Bonchev–Trinajstić information content (AvgIpc) is 2.84. The molecule has 0 aliphatic heterocycles. The van der Waals surface area contributed by atoms with Gasteiger partial charge in [-0.05, 0) is 37.1 Å². The first-order valence-corrected chi connectivity index (χ1v) is 11.0. The fourth-order valence-corrected chi connectivity index (χ4v) is 3.63. The van der Waals surface area contributed by atoms with Crippen LogP contribution in [-0.2, 0) is 13.1 Å². The Kier molecular flexibility index (Phi) is 6.54. The molecule has 172 valence electrons. The molecular weight excluding hydrogens is 428 g/mol. The van der Waals surface area contributed by atoms with Gasteiger partial charge in [-0.3, -0.25) is 14.2 Å². The Labute approximate surface area is 197 Å². The zero-order chi connectivity index (χ0) is 24.2. The van der Waals surface area contributed by atoms with E-state index < -0.39 is 17.2 Å². The maximum atomic E-state index is 13.3. The van der Waals surface area contributed by atoms with E-state index in [1.807, 2.05) is 80.6 Å². The summed E-state index contributed by atoms with van der Waals surface area (Å²) in [6, 6.07) is 24.2. The predicted octanol–water partition coefficient (Wildman–Crippen LogP) is 3.33. The van der Waals surface area contributed by atoms with Crippen molar-refractivity contribution in [3.05, 3.63) is 128 Å². The van der Waals surface area contributed by atoms with Crippen LogP contribution in [0.25, 0.3) is 5.69 Å². The highest BCUT2D eigenvalue weighted by Gasteiger charge is 2.23. The number of carbonyl (C=O) groups is 1. The maximum absolute atomic E-state index is 13.3. The lowest BCUT2D eigenvalue weighted by molar-refractivity contribution is 0.0773. The Morgan fingerprint density at radius 3 is 2.03 bits per heavy atom. The third-order valence-electron chi connectivity index (χ3n) is 5.61. The Bertz CT molecular complexity index is 1420. The van der Waals surface area contributed by atoms with Crippen molar-refractivity contribution in [2.45, 2.75) is 26.9 Å². The molecule has 1 aromatic heterocycles. The van der Waals surface area contributed by atoms with Crippen LogP contribution in [0.4, 0.5) is 0 Å². The first-order valence-electron chi connectivity index (χ1n) is 11.0. The van der Waals surface area contributed by atoms with Crippen molar-refractivity contribution in [2.24, 2.45) is 0 Å². The Morgan fingerprint density at radius 2 is 1.41 bits per heavy atom. The van der Waals surface area contributed by atoms with E-state index in [-0.39, 0.29) is 12.2 Å². The van der Waals surface area contributed by atoms with Crippen LogP contribution in [-0.4, -0.2) is 32.2 Å². The van der Waals surface area contributed by atoms with Crippen LogP contribution >= 0.6 is 0 Å². The summed E-state index contributed by atoms with van der Waals surface area (Å²) in [7, 11) is 1.61. The largest absolute Gasteiger partial charge is 0.352 e. The summed E-state index contributed by atoms with van der Waals surface area (Å²) < 4.78 is 2.19. The van der Waals surface area contributed by atoms with E-state index >= 15 is 0 Å². The van der Waals surface area contributed by atoms with E-state index in [4.69, 9.17) is 0 Å². The second kappa shape index (κ2) is 9.70. The monoisotopic (exact) mass is 454 g/mol. The Hall–Kier alpha value is -4.26. The highest BCUT2D eigenvalue weighted by Crippen LogP contribution is 2.09. The molecule has 0 unspecified atom stereocenters. The summed E-state index contributed by atoms with van der Waals surface area (Å²) in [5, 5.41) is 4.23. The van der Waals surface area contributed by atoms with Crippen LogP contribution in [0.3, 0.4) is 0 Å². The average molecular weight is 455 g/mol. The lowest BCUT2D eigenvalue weighted by Gasteiger charge is -2.18. The quantitative estimate of drug-likeness (QED) is 0.448. The third-order valence-corrected chi connectivity index (χ3v) is 5.61. The molecule has 0 saturated carbocycles. The van der Waals surface area contributed by atoms with E-state index in [1.54, 1.807) is 19.2 Å². The van der Waals surface area contributed by atoms with Crippen molar-refractivity contribution in [3.63, 3.8) is 0 Å². The number of benzene rings is 3. The van der Waals surface area contributed by atoms with Crippen LogP contribution in [0.5, 0.6) is 0 Å². The maximum Gasteiger partial charge on any atom is 0.352 e.